The Bertz CT molecular complexity index is 208. The first-order valence-electron chi connectivity index (χ1n) is 3.17. The van der Waals surface area contributed by atoms with Gasteiger partial charge in [-0.15, -0.1) is 0 Å². The average Bonchev–Trinajstić information content (AvgIpc) is 1.82. The van der Waals surface area contributed by atoms with Gasteiger partial charge < -0.3 is 0 Å². The molecule has 6 nitrogen and oxygen atoms in total. The van der Waals surface area contributed by atoms with Gasteiger partial charge >= 0.3 is 22.9 Å². The van der Waals surface area contributed by atoms with Gasteiger partial charge in [0.1, 0.15) is 0 Å². The minimum absolute atomic E-state index is 0.255. The fourth-order valence-electron chi connectivity index (χ4n) is 0.542. The summed E-state index contributed by atoms with van der Waals surface area (Å²) in [5, 5.41) is 0. The quantitative estimate of drug-likeness (QED) is 0.487. The SMILES string of the molecule is C[N+](C)(C)C1O[P+](=O)O[P+](=O)O1. The molecule has 0 bridgehead atoms. The van der Waals surface area contributed by atoms with E-state index >= 15 is 0 Å². The number of hydrogen-bond donors (Lipinski definition) is 0. The van der Waals surface area contributed by atoms with Crippen molar-refractivity contribution in [2.75, 3.05) is 21.1 Å². The largest absolute Gasteiger partial charge is 0.756 e. The minimum Gasteiger partial charge on any atom is -0.274 e. The molecule has 1 aliphatic heterocycles. The van der Waals surface area contributed by atoms with E-state index in [0.717, 1.165) is 0 Å². The van der Waals surface area contributed by atoms with Gasteiger partial charge in [-0.2, -0.15) is 0 Å². The van der Waals surface area contributed by atoms with E-state index in [1.54, 1.807) is 21.1 Å². The fourth-order valence-corrected chi connectivity index (χ4v) is 2.30. The van der Waals surface area contributed by atoms with Gasteiger partial charge in [0.25, 0.3) is 0 Å². The van der Waals surface area contributed by atoms with Crippen molar-refractivity contribution in [1.29, 1.82) is 0 Å². The van der Waals surface area contributed by atoms with Gasteiger partial charge in [-0.1, -0.05) is 0 Å². The second-order valence-electron chi connectivity index (χ2n) is 3.16. The van der Waals surface area contributed by atoms with Crippen LogP contribution in [0.15, 0.2) is 0 Å². The Labute approximate surface area is 71.9 Å². The van der Waals surface area contributed by atoms with E-state index in [9.17, 15) is 9.13 Å². The molecular weight excluding hydrogens is 204 g/mol. The van der Waals surface area contributed by atoms with Crippen LogP contribution in [0.4, 0.5) is 0 Å². The Balaban J connectivity index is 2.68. The normalized spacial score (nSPS) is 32.1. The molecule has 1 aliphatic rings. The van der Waals surface area contributed by atoms with Crippen LogP contribution in [0.5, 0.6) is 0 Å². The summed E-state index contributed by atoms with van der Waals surface area (Å²) >= 11 is 0. The van der Waals surface area contributed by atoms with Gasteiger partial charge in [0.05, 0.1) is 21.1 Å². The monoisotopic (exact) mass is 214 g/mol. The number of nitrogens with zero attached hydrogens (tertiary/aromatic N) is 1. The van der Waals surface area contributed by atoms with E-state index in [-0.39, 0.29) is 4.48 Å². The summed E-state index contributed by atoms with van der Waals surface area (Å²) in [5.41, 5.74) is 0. The molecule has 0 radical (unpaired) electrons. The number of quaternary nitrogens is 1. The van der Waals surface area contributed by atoms with Crippen LogP contribution in [0.3, 0.4) is 0 Å². The topological polar surface area (TPSA) is 61.8 Å². The number of hydrogen-bond acceptors (Lipinski definition) is 5. The van der Waals surface area contributed by atoms with Crippen LogP contribution in [0.25, 0.3) is 0 Å². The molecule has 2 unspecified atom stereocenters. The van der Waals surface area contributed by atoms with Crippen LogP contribution in [0.2, 0.25) is 0 Å². The van der Waals surface area contributed by atoms with E-state index < -0.39 is 22.9 Å². The van der Waals surface area contributed by atoms with E-state index in [4.69, 9.17) is 9.05 Å². The molecule has 0 saturated carbocycles. The van der Waals surface area contributed by atoms with Crippen molar-refractivity contribution >= 4 is 16.5 Å². The lowest BCUT2D eigenvalue weighted by molar-refractivity contribution is -0.936. The van der Waals surface area contributed by atoms with E-state index in [2.05, 4.69) is 4.31 Å². The van der Waals surface area contributed by atoms with Gasteiger partial charge in [-0.05, 0) is 9.05 Å². The first-order chi connectivity index (χ1) is 5.39. The van der Waals surface area contributed by atoms with Crippen molar-refractivity contribution in [3.8, 4) is 0 Å². The molecule has 2 atom stereocenters. The Hall–Kier alpha value is 0.0400. The summed E-state index contributed by atoms with van der Waals surface area (Å²) in [5.74, 6) is 0. The lowest BCUT2D eigenvalue weighted by Gasteiger charge is -2.24. The third-order valence-electron chi connectivity index (χ3n) is 1.12. The minimum atomic E-state index is -2.31. The van der Waals surface area contributed by atoms with Crippen molar-refractivity contribution in [2.45, 2.75) is 6.41 Å². The first-order valence-corrected chi connectivity index (χ1v) is 5.36. The molecule has 0 N–H and O–H groups in total. The lowest BCUT2D eigenvalue weighted by atomic mass is 10.7. The zero-order valence-electron chi connectivity index (χ0n) is 6.96. The lowest BCUT2D eigenvalue weighted by Crippen LogP contribution is -2.47. The molecule has 1 fully saturated rings. The summed E-state index contributed by atoms with van der Waals surface area (Å²) in [7, 11) is 0.681. The molecule has 1 saturated heterocycles. The molecule has 0 aromatic heterocycles. The molecule has 68 valence electrons. The van der Waals surface area contributed by atoms with Gasteiger partial charge in [-0.3, -0.25) is 4.48 Å². The van der Waals surface area contributed by atoms with E-state index in [1.807, 2.05) is 0 Å². The van der Waals surface area contributed by atoms with E-state index in [1.165, 1.54) is 0 Å². The van der Waals surface area contributed by atoms with Crippen LogP contribution >= 0.6 is 16.5 Å². The van der Waals surface area contributed by atoms with Crippen LogP contribution in [0, 0.1) is 0 Å². The van der Waals surface area contributed by atoms with Crippen LogP contribution < -0.4 is 0 Å². The third-order valence-corrected chi connectivity index (χ3v) is 2.89. The number of rotatable bonds is 1. The summed E-state index contributed by atoms with van der Waals surface area (Å²) < 4.78 is 35.6. The maximum absolute atomic E-state index is 10.8. The molecule has 0 aliphatic carbocycles. The highest BCUT2D eigenvalue weighted by Crippen LogP contribution is 2.48. The predicted molar refractivity (Wildman–Crippen MR) is 40.3 cm³/mol. The Morgan fingerprint density at radius 2 is 1.50 bits per heavy atom. The molecule has 12 heavy (non-hydrogen) atoms. The third kappa shape index (κ3) is 2.52. The maximum atomic E-state index is 10.8. The van der Waals surface area contributed by atoms with Crippen molar-refractivity contribution in [1.82, 2.24) is 0 Å². The van der Waals surface area contributed by atoms with Crippen LogP contribution in [-0.2, 0) is 22.5 Å². The second kappa shape index (κ2) is 3.42. The zero-order valence-corrected chi connectivity index (χ0v) is 8.75. The molecule has 0 aromatic rings. The molecule has 0 spiro atoms. The van der Waals surface area contributed by atoms with Crippen LogP contribution in [0.1, 0.15) is 0 Å². The van der Waals surface area contributed by atoms with Crippen molar-refractivity contribution in [3.63, 3.8) is 0 Å². The maximum Gasteiger partial charge on any atom is 0.756 e. The van der Waals surface area contributed by atoms with Crippen molar-refractivity contribution in [2.24, 2.45) is 0 Å². The average molecular weight is 214 g/mol. The standard InChI is InChI=1S/C4H10NO5P2/c1-5(2,3)4-8-11(6)10-12(7)9-4/h4H,1-3H3/q+3. The van der Waals surface area contributed by atoms with Gasteiger partial charge in [0.15, 0.2) is 4.31 Å². The second-order valence-corrected chi connectivity index (χ2v) is 5.13. The molecule has 1 rings (SSSR count). The summed E-state index contributed by atoms with van der Waals surface area (Å²) in [6, 6.07) is 0. The fraction of sp³-hybridized carbons (Fsp3) is 1.00. The summed E-state index contributed by atoms with van der Waals surface area (Å²) in [4.78, 5) is 0. The highest BCUT2D eigenvalue weighted by atomic mass is 31.2. The molecule has 0 aromatic carbocycles. The molecule has 1 heterocycles. The smallest absolute Gasteiger partial charge is 0.274 e. The Morgan fingerprint density at radius 3 is 1.83 bits per heavy atom. The highest BCUT2D eigenvalue weighted by Gasteiger charge is 2.57. The first kappa shape index (κ1) is 10.1. The van der Waals surface area contributed by atoms with E-state index in [0.29, 0.717) is 0 Å². The van der Waals surface area contributed by atoms with Crippen molar-refractivity contribution in [3.05, 3.63) is 0 Å². The summed E-state index contributed by atoms with van der Waals surface area (Å²) in [6.07, 6.45) is -0.800. The van der Waals surface area contributed by atoms with Gasteiger partial charge in [-0.25, -0.2) is 0 Å². The Morgan fingerprint density at radius 1 is 1.08 bits per heavy atom. The predicted octanol–water partition coefficient (Wildman–Crippen LogP) is 1.35. The van der Waals surface area contributed by atoms with Crippen molar-refractivity contribution < 1.29 is 27.0 Å². The summed E-state index contributed by atoms with van der Waals surface area (Å²) in [6.45, 7) is 0. The van der Waals surface area contributed by atoms with Crippen LogP contribution in [-0.4, -0.2) is 32.0 Å². The van der Waals surface area contributed by atoms with Gasteiger partial charge in [0.2, 0.25) is 0 Å². The molecule has 0 amide bonds. The molecule has 8 heteroatoms. The molecular formula is C4H10NO5P2+3. The highest BCUT2D eigenvalue weighted by molar-refractivity contribution is 7.48. The Kier molecular flexibility index (Phi) is 2.88. The van der Waals surface area contributed by atoms with Gasteiger partial charge in [0, 0.05) is 9.13 Å². The zero-order chi connectivity index (χ0) is 9.35.